The van der Waals surface area contributed by atoms with E-state index in [4.69, 9.17) is 0 Å². The summed E-state index contributed by atoms with van der Waals surface area (Å²) in [7, 11) is 0. The normalized spacial score (nSPS) is 23.3. The van der Waals surface area contributed by atoms with E-state index in [2.05, 4.69) is 27.7 Å². The first-order valence-corrected chi connectivity index (χ1v) is 11.0. The average molecular weight is 364 g/mol. The summed E-state index contributed by atoms with van der Waals surface area (Å²) in [5.41, 5.74) is 2.20. The van der Waals surface area contributed by atoms with E-state index in [-0.39, 0.29) is 6.03 Å². The largest absolute Gasteiger partial charge is 0.335 e. The molecule has 0 radical (unpaired) electrons. The second-order valence-corrected chi connectivity index (χ2v) is 9.56. The fourth-order valence-electron chi connectivity index (χ4n) is 3.52. The summed E-state index contributed by atoms with van der Waals surface area (Å²) >= 11 is 3.98. The molecule has 4 nitrogen and oxygen atoms in total. The predicted molar refractivity (Wildman–Crippen MR) is 104 cm³/mol. The molecule has 0 aromatic heterocycles. The minimum absolute atomic E-state index is 0.0660. The van der Waals surface area contributed by atoms with Gasteiger partial charge in [-0.1, -0.05) is 12.1 Å². The van der Waals surface area contributed by atoms with Crippen LogP contribution in [-0.2, 0) is 0 Å². The van der Waals surface area contributed by atoms with E-state index in [1.165, 1.54) is 29.9 Å². The number of amides is 2. The fourth-order valence-corrected chi connectivity index (χ4v) is 6.35. The van der Waals surface area contributed by atoms with Gasteiger partial charge in [-0.15, -0.1) is 23.5 Å². The molecule has 130 valence electrons. The fraction of sp³-hybridized carbons (Fsp3) is 0.611. The first-order chi connectivity index (χ1) is 11.8. The lowest BCUT2D eigenvalue weighted by Crippen LogP contribution is -2.46. The van der Waals surface area contributed by atoms with Crippen molar-refractivity contribution in [1.82, 2.24) is 10.2 Å². The Balaban J connectivity index is 1.27. The van der Waals surface area contributed by atoms with Crippen LogP contribution in [0.4, 0.5) is 10.5 Å². The smallest absolute Gasteiger partial charge is 0.319 e. The Morgan fingerprint density at radius 2 is 1.83 bits per heavy atom. The van der Waals surface area contributed by atoms with Crippen molar-refractivity contribution in [2.45, 2.75) is 42.3 Å². The molecule has 1 aliphatic carbocycles. The van der Waals surface area contributed by atoms with E-state index in [0.29, 0.717) is 10.6 Å². The molecule has 2 saturated heterocycles. The summed E-state index contributed by atoms with van der Waals surface area (Å²) in [6.45, 7) is 2.25. The van der Waals surface area contributed by atoms with Crippen LogP contribution >= 0.6 is 23.5 Å². The number of carbonyl (C=O) groups excluding carboxylic acids is 1. The monoisotopic (exact) mass is 363 g/mol. The summed E-state index contributed by atoms with van der Waals surface area (Å²) in [6, 6.07) is 9.38. The first kappa shape index (κ1) is 16.6. The number of carbonyl (C=O) groups is 1. The van der Waals surface area contributed by atoms with E-state index in [9.17, 15) is 4.79 Å². The molecule has 1 aromatic rings. The molecule has 2 heterocycles. The van der Waals surface area contributed by atoms with Crippen LogP contribution in [0.25, 0.3) is 0 Å². The zero-order valence-electron chi connectivity index (χ0n) is 13.9. The van der Waals surface area contributed by atoms with Gasteiger partial charge in [0.2, 0.25) is 0 Å². The lowest BCUT2D eigenvalue weighted by atomic mass is 10.1. The van der Waals surface area contributed by atoms with E-state index in [1.54, 1.807) is 0 Å². The van der Waals surface area contributed by atoms with Crippen molar-refractivity contribution in [1.29, 1.82) is 0 Å². The molecule has 0 unspecified atom stereocenters. The number of nitrogens with one attached hydrogen (secondary N) is 2. The maximum absolute atomic E-state index is 12.3. The van der Waals surface area contributed by atoms with Crippen molar-refractivity contribution in [2.75, 3.05) is 29.9 Å². The van der Waals surface area contributed by atoms with Crippen LogP contribution in [-0.4, -0.2) is 47.6 Å². The van der Waals surface area contributed by atoms with Gasteiger partial charge in [-0.2, -0.15) is 0 Å². The Morgan fingerprint density at radius 1 is 1.08 bits per heavy atom. The standard InChI is InChI=1S/C18H25N3OS2/c22-18(19-14-6-8-21(9-7-14)16-4-5-16)20-15-3-1-2-13(12-15)17-23-10-11-24-17/h1-3,12,14,16-17H,4-11H2,(H2,19,20,22). The summed E-state index contributed by atoms with van der Waals surface area (Å²) in [5.74, 6) is 2.43. The van der Waals surface area contributed by atoms with Gasteiger partial charge >= 0.3 is 6.03 Å². The van der Waals surface area contributed by atoms with Crippen LogP contribution in [0.2, 0.25) is 0 Å². The number of rotatable bonds is 4. The Morgan fingerprint density at radius 3 is 2.54 bits per heavy atom. The number of anilines is 1. The summed E-state index contributed by atoms with van der Waals surface area (Å²) < 4.78 is 0.515. The second-order valence-electron chi connectivity index (χ2n) is 6.84. The quantitative estimate of drug-likeness (QED) is 0.851. The number of benzene rings is 1. The highest BCUT2D eigenvalue weighted by Gasteiger charge is 2.32. The second kappa shape index (κ2) is 7.58. The number of urea groups is 1. The minimum Gasteiger partial charge on any atom is -0.335 e. The molecule has 0 atom stereocenters. The molecule has 0 bridgehead atoms. The van der Waals surface area contributed by atoms with Gasteiger partial charge in [0.15, 0.2) is 0 Å². The van der Waals surface area contributed by atoms with Gasteiger partial charge in [0.1, 0.15) is 0 Å². The molecule has 2 amide bonds. The molecule has 24 heavy (non-hydrogen) atoms. The molecule has 1 aromatic carbocycles. The Kier molecular flexibility index (Phi) is 5.25. The van der Waals surface area contributed by atoms with Crippen molar-refractivity contribution in [3.63, 3.8) is 0 Å². The van der Waals surface area contributed by atoms with E-state index in [1.807, 2.05) is 35.7 Å². The highest BCUT2D eigenvalue weighted by Crippen LogP contribution is 2.45. The number of nitrogens with zero attached hydrogens (tertiary/aromatic N) is 1. The lowest BCUT2D eigenvalue weighted by molar-refractivity contribution is 0.189. The topological polar surface area (TPSA) is 44.4 Å². The Bertz CT molecular complexity index is 579. The lowest BCUT2D eigenvalue weighted by Gasteiger charge is -2.32. The third-order valence-corrected chi connectivity index (χ3v) is 8.07. The molecule has 6 heteroatoms. The van der Waals surface area contributed by atoms with Crippen molar-refractivity contribution in [2.24, 2.45) is 0 Å². The number of piperidine rings is 1. The molecular formula is C18H25N3OS2. The molecular weight excluding hydrogens is 338 g/mol. The first-order valence-electron chi connectivity index (χ1n) is 8.93. The van der Waals surface area contributed by atoms with Crippen LogP contribution in [0.15, 0.2) is 24.3 Å². The third-order valence-electron chi connectivity index (χ3n) is 4.97. The molecule has 2 N–H and O–H groups in total. The van der Waals surface area contributed by atoms with E-state index < -0.39 is 0 Å². The molecule has 1 saturated carbocycles. The van der Waals surface area contributed by atoms with Crippen LogP contribution in [0.1, 0.15) is 35.8 Å². The van der Waals surface area contributed by atoms with Crippen LogP contribution in [0.3, 0.4) is 0 Å². The SMILES string of the molecule is O=C(Nc1cccc(C2SCCS2)c1)NC1CCN(C2CC2)CC1. The van der Waals surface area contributed by atoms with Gasteiger partial charge in [-0.3, -0.25) is 0 Å². The minimum atomic E-state index is -0.0660. The maximum Gasteiger partial charge on any atom is 0.319 e. The zero-order valence-corrected chi connectivity index (χ0v) is 15.5. The predicted octanol–water partition coefficient (Wildman–Crippen LogP) is 3.91. The van der Waals surface area contributed by atoms with Gasteiger partial charge in [0, 0.05) is 42.4 Å². The van der Waals surface area contributed by atoms with Gasteiger partial charge in [0.05, 0.1) is 4.58 Å². The summed E-state index contributed by atoms with van der Waals surface area (Å²) in [5, 5.41) is 6.17. The van der Waals surface area contributed by atoms with Crippen LogP contribution in [0, 0.1) is 0 Å². The average Bonchev–Trinajstić information content (AvgIpc) is 3.29. The third kappa shape index (κ3) is 4.21. The van der Waals surface area contributed by atoms with Gasteiger partial charge in [-0.25, -0.2) is 4.79 Å². The van der Waals surface area contributed by atoms with Gasteiger partial charge in [-0.05, 0) is 43.4 Å². The summed E-state index contributed by atoms with van der Waals surface area (Å²) in [4.78, 5) is 14.9. The van der Waals surface area contributed by atoms with E-state index in [0.717, 1.165) is 37.7 Å². The van der Waals surface area contributed by atoms with Gasteiger partial charge in [0.25, 0.3) is 0 Å². The highest BCUT2D eigenvalue weighted by atomic mass is 32.2. The number of hydrogen-bond acceptors (Lipinski definition) is 4. The highest BCUT2D eigenvalue weighted by molar-refractivity contribution is 8.19. The van der Waals surface area contributed by atoms with Gasteiger partial charge < -0.3 is 15.5 Å². The molecule has 3 aliphatic rings. The Hall–Kier alpha value is -0.850. The van der Waals surface area contributed by atoms with E-state index >= 15 is 0 Å². The zero-order chi connectivity index (χ0) is 16.4. The van der Waals surface area contributed by atoms with Crippen molar-refractivity contribution in [3.8, 4) is 0 Å². The molecule has 4 rings (SSSR count). The Labute approximate surface area is 152 Å². The molecule has 0 spiro atoms. The maximum atomic E-state index is 12.3. The summed E-state index contributed by atoms with van der Waals surface area (Å²) in [6.07, 6.45) is 4.87. The molecule has 2 aliphatic heterocycles. The van der Waals surface area contributed by atoms with Crippen LogP contribution in [0.5, 0.6) is 0 Å². The molecule has 3 fully saturated rings. The number of likely N-dealkylation sites (tertiary alicyclic amines) is 1. The van der Waals surface area contributed by atoms with Crippen molar-refractivity contribution in [3.05, 3.63) is 29.8 Å². The number of hydrogen-bond donors (Lipinski definition) is 2. The van der Waals surface area contributed by atoms with Crippen molar-refractivity contribution >= 4 is 35.2 Å². The van der Waals surface area contributed by atoms with Crippen LogP contribution < -0.4 is 10.6 Å². The van der Waals surface area contributed by atoms with Crippen molar-refractivity contribution < 1.29 is 4.79 Å². The number of thioether (sulfide) groups is 2.